The van der Waals surface area contributed by atoms with E-state index in [0.29, 0.717) is 26.4 Å². The molecular weight excluding hydrogens is 459 g/mol. The van der Waals surface area contributed by atoms with Crippen LogP contribution in [-0.4, -0.2) is 80.7 Å². The lowest BCUT2D eigenvalue weighted by Gasteiger charge is -2.39. The summed E-state index contributed by atoms with van der Waals surface area (Å²) in [6.45, 7) is 7.28. The molecule has 0 aliphatic carbocycles. The molecule has 0 aromatic heterocycles. The molecular formula is C23H33Cl3N2O3. The van der Waals surface area contributed by atoms with Crippen molar-refractivity contribution in [2.75, 3.05) is 65.8 Å². The van der Waals surface area contributed by atoms with Crippen molar-refractivity contribution in [2.24, 2.45) is 0 Å². The fraction of sp³-hybridized carbons (Fsp3) is 0.478. The van der Waals surface area contributed by atoms with E-state index in [1.54, 1.807) is 0 Å². The van der Waals surface area contributed by atoms with Crippen molar-refractivity contribution in [3.63, 3.8) is 0 Å². The maximum atomic E-state index is 8.67. The number of hydrogen-bond donors (Lipinski definition) is 1. The molecule has 0 amide bonds. The molecule has 8 heteroatoms. The van der Waals surface area contributed by atoms with Gasteiger partial charge in [0.15, 0.2) is 0 Å². The summed E-state index contributed by atoms with van der Waals surface area (Å²) in [4.78, 5) is 5.01. The summed E-state index contributed by atoms with van der Waals surface area (Å²) in [5.74, 6) is 0. The molecule has 1 fully saturated rings. The zero-order valence-corrected chi connectivity index (χ0v) is 20.1. The number of benzene rings is 2. The number of nitrogens with zero attached hydrogens (tertiary/aromatic N) is 2. The van der Waals surface area contributed by atoms with Gasteiger partial charge >= 0.3 is 0 Å². The van der Waals surface area contributed by atoms with Crippen LogP contribution in [0.25, 0.3) is 0 Å². The molecule has 174 valence electrons. The molecule has 3 rings (SSSR count). The summed E-state index contributed by atoms with van der Waals surface area (Å²) in [6.07, 6.45) is 0. The maximum Gasteiger partial charge on any atom is 0.0701 e. The molecule has 31 heavy (non-hydrogen) atoms. The molecule has 1 unspecified atom stereocenters. The van der Waals surface area contributed by atoms with E-state index < -0.39 is 0 Å². The Morgan fingerprint density at radius 2 is 1.35 bits per heavy atom. The predicted octanol–water partition coefficient (Wildman–Crippen LogP) is 3.92. The van der Waals surface area contributed by atoms with E-state index in [1.165, 1.54) is 11.1 Å². The summed E-state index contributed by atoms with van der Waals surface area (Å²) in [7, 11) is 0. The van der Waals surface area contributed by atoms with Crippen LogP contribution in [0.3, 0.4) is 0 Å². The van der Waals surface area contributed by atoms with Gasteiger partial charge in [-0.05, 0) is 23.3 Å². The quantitative estimate of drug-likeness (QED) is 0.483. The highest BCUT2D eigenvalue weighted by Crippen LogP contribution is 2.30. The summed E-state index contributed by atoms with van der Waals surface area (Å²) in [6, 6.07) is 19.2. The molecule has 0 bridgehead atoms. The summed E-state index contributed by atoms with van der Waals surface area (Å²) in [5, 5.41) is 9.45. The number of halogens is 3. The molecule has 1 heterocycles. The van der Waals surface area contributed by atoms with Gasteiger partial charge < -0.3 is 14.6 Å². The Kier molecular flexibility index (Phi) is 14.4. The zero-order chi connectivity index (χ0) is 20.3. The van der Waals surface area contributed by atoms with Gasteiger partial charge in [-0.1, -0.05) is 54.1 Å². The second-order valence-electron chi connectivity index (χ2n) is 7.19. The minimum absolute atomic E-state index is 0. The monoisotopic (exact) mass is 490 g/mol. The molecule has 2 aromatic rings. The Morgan fingerprint density at radius 3 is 1.97 bits per heavy atom. The smallest absolute Gasteiger partial charge is 0.0701 e. The lowest BCUT2D eigenvalue weighted by molar-refractivity contribution is 0.0203. The van der Waals surface area contributed by atoms with E-state index in [4.69, 9.17) is 26.2 Å². The second-order valence-corrected chi connectivity index (χ2v) is 7.63. The van der Waals surface area contributed by atoms with E-state index in [0.717, 1.165) is 37.7 Å². The summed E-state index contributed by atoms with van der Waals surface area (Å²) >= 11 is 6.11. The molecule has 0 spiro atoms. The highest BCUT2D eigenvalue weighted by Gasteiger charge is 2.26. The first-order valence-electron chi connectivity index (χ1n) is 10.3. The predicted molar refractivity (Wildman–Crippen MR) is 131 cm³/mol. The highest BCUT2D eigenvalue weighted by molar-refractivity contribution is 6.30. The van der Waals surface area contributed by atoms with E-state index in [1.807, 2.05) is 12.1 Å². The molecule has 0 saturated carbocycles. The Bertz CT molecular complexity index is 699. The van der Waals surface area contributed by atoms with Crippen LogP contribution in [0.15, 0.2) is 54.6 Å². The van der Waals surface area contributed by atoms with Gasteiger partial charge in [-0.15, -0.1) is 24.8 Å². The highest BCUT2D eigenvalue weighted by atomic mass is 35.5. The number of aliphatic hydroxyl groups is 1. The van der Waals surface area contributed by atoms with Crippen LogP contribution in [0.4, 0.5) is 0 Å². The largest absolute Gasteiger partial charge is 0.394 e. The lowest BCUT2D eigenvalue weighted by Crippen LogP contribution is -2.48. The lowest BCUT2D eigenvalue weighted by atomic mass is 9.96. The topological polar surface area (TPSA) is 45.2 Å². The number of rotatable bonds is 11. The fourth-order valence-electron chi connectivity index (χ4n) is 3.72. The van der Waals surface area contributed by atoms with Crippen LogP contribution in [0.1, 0.15) is 17.2 Å². The molecule has 1 N–H and O–H groups in total. The van der Waals surface area contributed by atoms with Crippen LogP contribution < -0.4 is 0 Å². The first kappa shape index (κ1) is 28.1. The Labute approximate surface area is 203 Å². The Balaban J connectivity index is 0.00000240. The van der Waals surface area contributed by atoms with Crippen molar-refractivity contribution in [3.8, 4) is 0 Å². The van der Waals surface area contributed by atoms with Crippen molar-refractivity contribution in [1.29, 1.82) is 0 Å². The molecule has 1 atom stereocenters. The Hall–Kier alpha value is -0.890. The van der Waals surface area contributed by atoms with Gasteiger partial charge in [0, 0.05) is 37.7 Å². The number of piperazine rings is 1. The minimum atomic E-state index is 0. The van der Waals surface area contributed by atoms with Crippen LogP contribution in [-0.2, 0) is 9.47 Å². The number of aliphatic hydroxyl groups excluding tert-OH is 1. The van der Waals surface area contributed by atoms with Crippen LogP contribution in [0.5, 0.6) is 0 Å². The number of hydrogen-bond acceptors (Lipinski definition) is 5. The van der Waals surface area contributed by atoms with Crippen LogP contribution in [0, 0.1) is 0 Å². The maximum absolute atomic E-state index is 8.67. The van der Waals surface area contributed by atoms with E-state index in [2.05, 4.69) is 52.3 Å². The normalized spacial score (nSPS) is 15.7. The molecule has 1 aliphatic heterocycles. The average Bonchev–Trinajstić information content (AvgIpc) is 2.76. The van der Waals surface area contributed by atoms with Crippen molar-refractivity contribution in [1.82, 2.24) is 9.80 Å². The third-order valence-corrected chi connectivity index (χ3v) is 5.48. The standard InChI is InChI=1S/C23H31ClN2O3.2ClH/c24-22-8-6-21(7-9-22)23(20-4-2-1-3-5-20)26-12-10-25(11-13-26)14-16-28-18-19-29-17-15-27;;/h1-9,23,27H,10-19H2;2*1H. The van der Waals surface area contributed by atoms with Gasteiger partial charge in [0.2, 0.25) is 0 Å². The van der Waals surface area contributed by atoms with Gasteiger partial charge in [-0.2, -0.15) is 0 Å². The van der Waals surface area contributed by atoms with E-state index in [9.17, 15) is 0 Å². The SMILES string of the molecule is Cl.Cl.OCCOCCOCCN1CCN(C(c2ccccc2)c2ccc(Cl)cc2)CC1. The Morgan fingerprint density at radius 1 is 0.774 bits per heavy atom. The molecule has 5 nitrogen and oxygen atoms in total. The van der Waals surface area contributed by atoms with Gasteiger partial charge in [-0.25, -0.2) is 0 Å². The average molecular weight is 492 g/mol. The molecule has 2 aromatic carbocycles. The summed E-state index contributed by atoms with van der Waals surface area (Å²) in [5.41, 5.74) is 2.59. The van der Waals surface area contributed by atoms with Crippen molar-refractivity contribution >= 4 is 36.4 Å². The van der Waals surface area contributed by atoms with Gasteiger partial charge in [0.05, 0.1) is 39.1 Å². The van der Waals surface area contributed by atoms with Crippen LogP contribution in [0.2, 0.25) is 5.02 Å². The van der Waals surface area contributed by atoms with Gasteiger partial charge in [0.25, 0.3) is 0 Å². The summed E-state index contributed by atoms with van der Waals surface area (Å²) < 4.78 is 10.8. The van der Waals surface area contributed by atoms with E-state index in [-0.39, 0.29) is 37.5 Å². The third-order valence-electron chi connectivity index (χ3n) is 5.23. The fourth-order valence-corrected chi connectivity index (χ4v) is 3.85. The van der Waals surface area contributed by atoms with Crippen LogP contribution >= 0.6 is 36.4 Å². The van der Waals surface area contributed by atoms with Crippen molar-refractivity contribution < 1.29 is 14.6 Å². The first-order valence-corrected chi connectivity index (χ1v) is 10.7. The zero-order valence-electron chi connectivity index (χ0n) is 17.7. The molecule has 1 saturated heterocycles. The second kappa shape index (κ2) is 15.8. The van der Waals surface area contributed by atoms with Crippen molar-refractivity contribution in [2.45, 2.75) is 6.04 Å². The molecule has 0 radical (unpaired) electrons. The molecule has 1 aliphatic rings. The third kappa shape index (κ3) is 9.24. The minimum Gasteiger partial charge on any atom is -0.394 e. The van der Waals surface area contributed by atoms with E-state index >= 15 is 0 Å². The first-order chi connectivity index (χ1) is 14.3. The van der Waals surface area contributed by atoms with Gasteiger partial charge in [-0.3, -0.25) is 9.80 Å². The van der Waals surface area contributed by atoms with Gasteiger partial charge in [0.1, 0.15) is 0 Å². The number of ether oxygens (including phenoxy) is 2. The van der Waals surface area contributed by atoms with Crippen molar-refractivity contribution in [3.05, 3.63) is 70.7 Å².